The minimum Gasteiger partial charge on any atom is -0.477 e. The number of thioether (sulfide) groups is 2. The van der Waals surface area contributed by atoms with Gasteiger partial charge in [0.1, 0.15) is 22.1 Å². The van der Waals surface area contributed by atoms with Gasteiger partial charge in [-0.15, -0.1) is 22.0 Å². The second-order valence-electron chi connectivity index (χ2n) is 8.88. The number of fused-ring (bicyclic) bond motifs is 1. The number of aromatic nitrogens is 4. The number of carboxylic acid groups (broad SMARTS) is 1. The van der Waals surface area contributed by atoms with Gasteiger partial charge in [-0.2, -0.15) is 18.3 Å². The molecule has 2 amide bonds. The van der Waals surface area contributed by atoms with Crippen LogP contribution in [-0.4, -0.2) is 70.7 Å². The van der Waals surface area contributed by atoms with Crippen LogP contribution in [0.3, 0.4) is 0 Å². The van der Waals surface area contributed by atoms with E-state index in [2.05, 4.69) is 20.6 Å². The lowest BCUT2D eigenvalue weighted by molar-refractivity contribution is -0.150. The Labute approximate surface area is 231 Å². The number of halogens is 4. The van der Waals surface area contributed by atoms with Crippen LogP contribution in [0.5, 0.6) is 0 Å². The molecule has 1 saturated heterocycles. The van der Waals surface area contributed by atoms with Crippen molar-refractivity contribution in [3.63, 3.8) is 0 Å². The van der Waals surface area contributed by atoms with Gasteiger partial charge in [-0.05, 0) is 25.3 Å². The molecular formula is C21H20ClF3N6O4S3. The third kappa shape index (κ3) is 5.27. The largest absolute Gasteiger partial charge is 0.477 e. The molecule has 0 bridgehead atoms. The van der Waals surface area contributed by atoms with Crippen molar-refractivity contribution < 1.29 is 32.7 Å². The van der Waals surface area contributed by atoms with Gasteiger partial charge in [-0.3, -0.25) is 19.2 Å². The summed E-state index contributed by atoms with van der Waals surface area (Å²) in [7, 11) is 0. The maximum absolute atomic E-state index is 13.3. The van der Waals surface area contributed by atoms with E-state index in [0.29, 0.717) is 34.3 Å². The molecule has 1 aliphatic carbocycles. The van der Waals surface area contributed by atoms with Gasteiger partial charge in [-0.1, -0.05) is 34.7 Å². The van der Waals surface area contributed by atoms with Crippen molar-refractivity contribution >= 4 is 64.2 Å². The fraction of sp³-hybridized carbons (Fsp3) is 0.524. The number of aryl methyl sites for hydroxylation is 2. The van der Waals surface area contributed by atoms with Crippen molar-refractivity contribution in [2.75, 3.05) is 11.5 Å². The molecule has 10 nitrogen and oxygen atoms in total. The molecule has 2 N–H and O–H groups in total. The first-order valence-corrected chi connectivity index (χ1v) is 14.6. The Balaban J connectivity index is 1.22. The monoisotopic (exact) mass is 608 g/mol. The van der Waals surface area contributed by atoms with Crippen LogP contribution in [0.4, 0.5) is 13.2 Å². The Bertz CT molecular complexity index is 1340. The molecule has 2 atom stereocenters. The molecule has 17 heteroatoms. The molecule has 0 unspecified atom stereocenters. The number of alkyl halides is 3. The van der Waals surface area contributed by atoms with Crippen molar-refractivity contribution in [3.8, 4) is 0 Å². The number of hydrogen-bond donors (Lipinski definition) is 2. The zero-order valence-corrected chi connectivity index (χ0v) is 22.8. The number of rotatable bonds is 9. The predicted molar refractivity (Wildman–Crippen MR) is 134 cm³/mol. The van der Waals surface area contributed by atoms with E-state index in [1.54, 1.807) is 0 Å². The molecule has 3 aliphatic rings. The highest BCUT2D eigenvalue weighted by molar-refractivity contribution is 8.01. The lowest BCUT2D eigenvalue weighted by atomic mass is 10.0. The number of nitrogens with zero attached hydrogens (tertiary/aromatic N) is 5. The summed E-state index contributed by atoms with van der Waals surface area (Å²) in [4.78, 5) is 38.7. The highest BCUT2D eigenvalue weighted by Gasteiger charge is 2.54. The van der Waals surface area contributed by atoms with Gasteiger partial charge >= 0.3 is 12.1 Å². The van der Waals surface area contributed by atoms with Crippen LogP contribution in [0.1, 0.15) is 41.6 Å². The summed E-state index contributed by atoms with van der Waals surface area (Å²) in [6, 6.07) is -0.934. The minimum atomic E-state index is -4.71. The number of carbonyl (C=O) groups excluding carboxylic acids is 2. The van der Waals surface area contributed by atoms with Crippen molar-refractivity contribution in [1.29, 1.82) is 0 Å². The Hall–Kier alpha value is -2.30. The number of hydrogen-bond acceptors (Lipinski definition) is 9. The SMILES string of the molecule is Cc1nnc(SCC2=C(C(=O)O)N3C(=O)[C@H](NC(=O)CCn4nc(C(F)(F)F)c(Cl)c4C4CC4)[C@H]3SC2)s1. The minimum absolute atomic E-state index is 0.0991. The lowest BCUT2D eigenvalue weighted by Crippen LogP contribution is -2.70. The van der Waals surface area contributed by atoms with Gasteiger partial charge in [-0.25, -0.2) is 4.79 Å². The van der Waals surface area contributed by atoms with Gasteiger partial charge in [0.15, 0.2) is 10.0 Å². The van der Waals surface area contributed by atoms with Crippen LogP contribution in [-0.2, 0) is 27.1 Å². The van der Waals surface area contributed by atoms with E-state index in [-0.39, 0.29) is 30.3 Å². The van der Waals surface area contributed by atoms with Gasteiger partial charge in [0.2, 0.25) is 5.91 Å². The van der Waals surface area contributed by atoms with E-state index in [1.807, 2.05) is 6.92 Å². The molecule has 0 spiro atoms. The first-order chi connectivity index (χ1) is 18.0. The summed E-state index contributed by atoms with van der Waals surface area (Å²) < 4.78 is 41.6. The second kappa shape index (κ2) is 10.4. The molecule has 0 radical (unpaired) electrons. The Kier molecular flexibility index (Phi) is 7.43. The standard InChI is InChI=1S/C21H20ClF3N6O4S3/c1-8-27-28-20(38-8)37-7-10-6-36-18-13(17(33)31(18)15(10)19(34)35)26-11(32)4-5-30-14(9-2-3-9)12(22)16(29-30)21(23,24)25/h9,13,18H,2-7H2,1H3,(H,26,32)(H,34,35)/t13-,18+/m0/s1. The van der Waals surface area contributed by atoms with Crippen molar-refractivity contribution in [2.24, 2.45) is 0 Å². The summed E-state index contributed by atoms with van der Waals surface area (Å²) in [6.07, 6.45) is -3.54. The van der Waals surface area contributed by atoms with E-state index >= 15 is 0 Å². The highest BCUT2D eigenvalue weighted by atomic mass is 35.5. The van der Waals surface area contributed by atoms with Crippen LogP contribution < -0.4 is 5.32 Å². The lowest BCUT2D eigenvalue weighted by Gasteiger charge is -2.49. The number of aliphatic carboxylic acids is 1. The number of nitrogens with one attached hydrogen (secondary N) is 1. The Morgan fingerprint density at radius 3 is 2.63 bits per heavy atom. The van der Waals surface area contributed by atoms with Crippen LogP contribution in [0.15, 0.2) is 15.6 Å². The van der Waals surface area contributed by atoms with E-state index in [1.165, 1.54) is 39.8 Å². The third-order valence-corrected chi connectivity index (χ3v) is 9.93. The highest BCUT2D eigenvalue weighted by Crippen LogP contribution is 2.47. The zero-order valence-electron chi connectivity index (χ0n) is 19.6. The van der Waals surface area contributed by atoms with Gasteiger partial charge in [0.25, 0.3) is 5.91 Å². The topological polar surface area (TPSA) is 130 Å². The summed E-state index contributed by atoms with van der Waals surface area (Å²) in [5, 5.41) is 23.7. The molecule has 38 heavy (non-hydrogen) atoms. The number of β-lactam (4-membered cyclic amide) rings is 1. The quantitative estimate of drug-likeness (QED) is 0.324. The van der Waals surface area contributed by atoms with Gasteiger partial charge in [0, 0.05) is 23.8 Å². The predicted octanol–water partition coefficient (Wildman–Crippen LogP) is 3.51. The van der Waals surface area contributed by atoms with Crippen molar-refractivity contribution in [1.82, 2.24) is 30.2 Å². The molecule has 2 fully saturated rings. The van der Waals surface area contributed by atoms with Crippen LogP contribution in [0.2, 0.25) is 5.02 Å². The fourth-order valence-electron chi connectivity index (χ4n) is 4.28. The first kappa shape index (κ1) is 27.3. The van der Waals surface area contributed by atoms with Gasteiger partial charge < -0.3 is 10.4 Å². The molecule has 2 aliphatic heterocycles. The average Bonchev–Trinajstić information content (AvgIpc) is 3.50. The number of amides is 2. The number of carbonyl (C=O) groups is 3. The van der Waals surface area contributed by atoms with Crippen LogP contribution in [0.25, 0.3) is 0 Å². The van der Waals surface area contributed by atoms with Crippen LogP contribution in [0, 0.1) is 6.92 Å². The molecule has 2 aromatic heterocycles. The molecule has 0 aromatic carbocycles. The summed E-state index contributed by atoms with van der Waals surface area (Å²) in [5.41, 5.74) is -0.435. The summed E-state index contributed by atoms with van der Waals surface area (Å²) >= 11 is 10.0. The van der Waals surface area contributed by atoms with E-state index < -0.39 is 46.1 Å². The summed E-state index contributed by atoms with van der Waals surface area (Å²) in [6.45, 7) is 1.68. The molecule has 204 valence electrons. The summed E-state index contributed by atoms with van der Waals surface area (Å²) in [5.74, 6) is -1.79. The van der Waals surface area contributed by atoms with E-state index in [9.17, 15) is 32.7 Å². The fourth-order valence-corrected chi connectivity index (χ4v) is 7.98. The van der Waals surface area contributed by atoms with Crippen molar-refractivity contribution in [3.05, 3.63) is 32.7 Å². The molecule has 5 rings (SSSR count). The van der Waals surface area contributed by atoms with E-state index in [0.717, 1.165) is 9.69 Å². The van der Waals surface area contributed by atoms with Crippen LogP contribution >= 0.6 is 46.5 Å². The maximum Gasteiger partial charge on any atom is 0.436 e. The Morgan fingerprint density at radius 2 is 2.03 bits per heavy atom. The number of carboxylic acids is 1. The zero-order chi connectivity index (χ0) is 27.4. The smallest absolute Gasteiger partial charge is 0.436 e. The average molecular weight is 609 g/mol. The first-order valence-electron chi connectivity index (χ1n) is 11.4. The molecule has 2 aromatic rings. The molecule has 1 saturated carbocycles. The second-order valence-corrected chi connectivity index (χ2v) is 12.8. The Morgan fingerprint density at radius 1 is 1.29 bits per heavy atom. The molecule has 4 heterocycles. The third-order valence-electron chi connectivity index (χ3n) is 6.16. The van der Waals surface area contributed by atoms with Crippen molar-refractivity contribution in [2.45, 2.75) is 60.6 Å². The normalized spacial score (nSPS) is 21.4. The van der Waals surface area contributed by atoms with E-state index in [4.69, 9.17) is 11.6 Å². The maximum atomic E-state index is 13.3. The molecular weight excluding hydrogens is 589 g/mol. The van der Waals surface area contributed by atoms with Gasteiger partial charge in [0.05, 0.1) is 17.3 Å².